The molecule has 0 atom stereocenters. The second-order valence-electron chi connectivity index (χ2n) is 7.60. The van der Waals surface area contributed by atoms with Gasteiger partial charge in [0, 0.05) is 29.5 Å². The van der Waals surface area contributed by atoms with Crippen LogP contribution in [0, 0.1) is 11.8 Å². The van der Waals surface area contributed by atoms with Crippen LogP contribution in [0.4, 0.5) is 4.79 Å². The van der Waals surface area contributed by atoms with Crippen molar-refractivity contribution in [1.82, 2.24) is 16.0 Å². The Hall–Kier alpha value is -2.05. The molecule has 0 spiro atoms. The Kier molecular flexibility index (Phi) is 8.38. The molecule has 1 aliphatic rings. The lowest BCUT2D eigenvalue weighted by molar-refractivity contribution is -0.120. The first kappa shape index (κ1) is 21.7. The molecule has 0 aliphatic heterocycles. The van der Waals surface area contributed by atoms with Crippen molar-refractivity contribution in [3.05, 3.63) is 57.2 Å². The molecular formula is C22H28ClN3O2S. The van der Waals surface area contributed by atoms with Crippen LogP contribution < -0.4 is 16.0 Å². The average molecular weight is 434 g/mol. The molecule has 3 N–H and O–H groups in total. The van der Waals surface area contributed by atoms with Crippen molar-refractivity contribution < 1.29 is 9.59 Å². The van der Waals surface area contributed by atoms with Crippen molar-refractivity contribution in [1.29, 1.82) is 0 Å². The number of amides is 3. The van der Waals surface area contributed by atoms with E-state index < -0.39 is 0 Å². The van der Waals surface area contributed by atoms with Gasteiger partial charge in [0.15, 0.2) is 0 Å². The number of thiophene rings is 1. The molecule has 0 bridgehead atoms. The van der Waals surface area contributed by atoms with Crippen molar-refractivity contribution in [2.75, 3.05) is 13.1 Å². The van der Waals surface area contributed by atoms with Crippen LogP contribution in [0.25, 0.3) is 0 Å². The third-order valence-corrected chi connectivity index (χ3v) is 6.66. The summed E-state index contributed by atoms with van der Waals surface area (Å²) in [6.07, 6.45) is 4.81. The highest BCUT2D eigenvalue weighted by Gasteiger charge is 2.22. The second kappa shape index (κ2) is 11.2. The van der Waals surface area contributed by atoms with Crippen molar-refractivity contribution in [3.8, 4) is 0 Å². The Labute approximate surface area is 181 Å². The predicted molar refractivity (Wildman–Crippen MR) is 118 cm³/mol. The number of rotatable bonds is 8. The van der Waals surface area contributed by atoms with Gasteiger partial charge in [-0.05, 0) is 60.6 Å². The smallest absolute Gasteiger partial charge is 0.315 e. The number of hydrogen-bond donors (Lipinski definition) is 3. The van der Waals surface area contributed by atoms with Gasteiger partial charge in [-0.15, -0.1) is 11.3 Å². The lowest BCUT2D eigenvalue weighted by atomic mass is 9.82. The Bertz CT molecular complexity index is 789. The highest BCUT2D eigenvalue weighted by atomic mass is 35.5. The van der Waals surface area contributed by atoms with Gasteiger partial charge in [-0.25, -0.2) is 4.79 Å². The number of halogens is 1. The molecule has 7 heteroatoms. The number of carbonyl (C=O) groups excluding carboxylic acids is 2. The maximum Gasteiger partial charge on any atom is 0.315 e. The summed E-state index contributed by atoms with van der Waals surface area (Å²) in [4.78, 5) is 25.1. The fourth-order valence-corrected chi connectivity index (χ4v) is 4.55. The van der Waals surface area contributed by atoms with Crippen LogP contribution in [0.3, 0.4) is 0 Å². The molecule has 1 fully saturated rings. The minimum atomic E-state index is -0.159. The van der Waals surface area contributed by atoms with E-state index in [1.54, 1.807) is 11.3 Å². The molecule has 29 heavy (non-hydrogen) atoms. The highest BCUT2D eigenvalue weighted by molar-refractivity contribution is 7.10. The quantitative estimate of drug-likeness (QED) is 0.578. The summed E-state index contributed by atoms with van der Waals surface area (Å²) in [7, 11) is 0. The van der Waals surface area contributed by atoms with E-state index in [1.165, 1.54) is 0 Å². The molecule has 156 valence electrons. The van der Waals surface area contributed by atoms with E-state index in [-0.39, 0.29) is 11.9 Å². The fourth-order valence-electron chi connectivity index (χ4n) is 3.65. The van der Waals surface area contributed by atoms with Crippen LogP contribution in [0.2, 0.25) is 5.02 Å². The zero-order chi connectivity index (χ0) is 20.5. The lowest BCUT2D eigenvalue weighted by Gasteiger charge is -2.28. The zero-order valence-corrected chi connectivity index (χ0v) is 18.0. The summed E-state index contributed by atoms with van der Waals surface area (Å²) in [5.41, 5.74) is 0.908. The minimum Gasteiger partial charge on any atom is -0.356 e. The predicted octanol–water partition coefficient (Wildman–Crippen LogP) is 4.37. The molecular weight excluding hydrogens is 406 g/mol. The highest BCUT2D eigenvalue weighted by Crippen LogP contribution is 2.28. The first-order chi connectivity index (χ1) is 14.1. The third kappa shape index (κ3) is 7.37. The molecule has 1 heterocycles. The maximum absolute atomic E-state index is 12.0. The van der Waals surface area contributed by atoms with Crippen molar-refractivity contribution in [2.45, 2.75) is 38.6 Å². The van der Waals surface area contributed by atoms with Gasteiger partial charge >= 0.3 is 6.03 Å². The standard InChI is InChI=1S/C22H28ClN3O2S/c23-20-6-2-1-4-18(20)15-26-22(28)25-14-17-9-7-16(8-10-17)13-24-21(27)12-19-5-3-11-29-19/h1-6,11,16-17H,7-10,12-15H2,(H,24,27)(H2,25,26,28). The van der Waals surface area contributed by atoms with Gasteiger partial charge in [0.05, 0.1) is 6.42 Å². The molecule has 1 saturated carbocycles. The van der Waals surface area contributed by atoms with Gasteiger partial charge in [-0.3, -0.25) is 4.79 Å². The van der Waals surface area contributed by atoms with Crippen LogP contribution in [0.1, 0.15) is 36.1 Å². The van der Waals surface area contributed by atoms with Gasteiger partial charge in [0.25, 0.3) is 0 Å². The number of nitrogens with one attached hydrogen (secondary N) is 3. The number of urea groups is 1. The summed E-state index contributed by atoms with van der Waals surface area (Å²) in [6, 6.07) is 11.3. The summed E-state index contributed by atoms with van der Waals surface area (Å²) in [5.74, 6) is 1.14. The molecule has 0 saturated heterocycles. The normalized spacial score (nSPS) is 18.8. The van der Waals surface area contributed by atoms with Crippen molar-refractivity contribution >= 4 is 34.9 Å². The average Bonchev–Trinajstić information content (AvgIpc) is 3.24. The third-order valence-electron chi connectivity index (χ3n) is 5.42. The summed E-state index contributed by atoms with van der Waals surface area (Å²) in [5, 5.41) is 11.6. The van der Waals surface area contributed by atoms with E-state index in [1.807, 2.05) is 41.8 Å². The molecule has 1 aromatic carbocycles. The van der Waals surface area contributed by atoms with Crippen molar-refractivity contribution in [3.63, 3.8) is 0 Å². The Balaban J connectivity index is 1.27. The van der Waals surface area contributed by atoms with Crippen LogP contribution in [0.15, 0.2) is 41.8 Å². The fraction of sp³-hybridized carbons (Fsp3) is 0.455. The molecule has 0 unspecified atom stereocenters. The molecule has 3 amide bonds. The van der Waals surface area contributed by atoms with Gasteiger partial charge in [0.1, 0.15) is 0 Å². The summed E-state index contributed by atoms with van der Waals surface area (Å²) in [6.45, 7) is 1.86. The number of hydrogen-bond acceptors (Lipinski definition) is 3. The monoisotopic (exact) mass is 433 g/mol. The Morgan fingerprint density at radius 1 is 0.931 bits per heavy atom. The van der Waals surface area contributed by atoms with E-state index in [0.29, 0.717) is 36.4 Å². The van der Waals surface area contributed by atoms with E-state index in [4.69, 9.17) is 11.6 Å². The van der Waals surface area contributed by atoms with E-state index in [9.17, 15) is 9.59 Å². The van der Waals surface area contributed by atoms with Crippen LogP contribution in [0.5, 0.6) is 0 Å². The lowest BCUT2D eigenvalue weighted by Crippen LogP contribution is -2.39. The van der Waals surface area contributed by atoms with E-state index >= 15 is 0 Å². The van der Waals surface area contributed by atoms with Gasteiger partial charge in [-0.2, -0.15) is 0 Å². The summed E-state index contributed by atoms with van der Waals surface area (Å²) < 4.78 is 0. The topological polar surface area (TPSA) is 70.2 Å². The molecule has 3 rings (SSSR count). The first-order valence-corrected chi connectivity index (χ1v) is 11.4. The number of carbonyl (C=O) groups is 2. The molecule has 1 aliphatic carbocycles. The minimum absolute atomic E-state index is 0.103. The molecule has 2 aromatic rings. The van der Waals surface area contributed by atoms with Crippen LogP contribution in [-0.2, 0) is 17.8 Å². The zero-order valence-electron chi connectivity index (χ0n) is 16.5. The molecule has 5 nitrogen and oxygen atoms in total. The second-order valence-corrected chi connectivity index (χ2v) is 9.04. The molecule has 0 radical (unpaired) electrons. The van der Waals surface area contributed by atoms with Gasteiger partial charge < -0.3 is 16.0 Å². The SMILES string of the molecule is O=C(Cc1cccs1)NCC1CCC(CNC(=O)NCc2ccccc2Cl)CC1. The number of benzene rings is 1. The summed E-state index contributed by atoms with van der Waals surface area (Å²) >= 11 is 7.72. The van der Waals surface area contributed by atoms with Gasteiger partial charge in [-0.1, -0.05) is 35.9 Å². The van der Waals surface area contributed by atoms with Crippen LogP contribution >= 0.6 is 22.9 Å². The van der Waals surface area contributed by atoms with Gasteiger partial charge in [0.2, 0.25) is 5.91 Å². The first-order valence-electron chi connectivity index (χ1n) is 10.1. The Morgan fingerprint density at radius 3 is 2.28 bits per heavy atom. The van der Waals surface area contributed by atoms with E-state index in [0.717, 1.165) is 42.7 Å². The van der Waals surface area contributed by atoms with Crippen molar-refractivity contribution in [2.24, 2.45) is 11.8 Å². The molecule has 1 aromatic heterocycles. The Morgan fingerprint density at radius 2 is 1.62 bits per heavy atom. The van der Waals surface area contributed by atoms with E-state index in [2.05, 4.69) is 16.0 Å². The maximum atomic E-state index is 12.0. The largest absolute Gasteiger partial charge is 0.356 e. The van der Waals surface area contributed by atoms with Crippen LogP contribution in [-0.4, -0.2) is 25.0 Å².